The van der Waals surface area contributed by atoms with E-state index in [-0.39, 0.29) is 54.7 Å². The maximum Gasteiger partial charge on any atom is 0.420 e. The lowest BCUT2D eigenvalue weighted by Gasteiger charge is -2.16. The number of halogens is 3. The second-order valence-electron chi connectivity index (χ2n) is 8.18. The molecule has 0 unspecified atom stereocenters. The zero-order valence-corrected chi connectivity index (χ0v) is 18.4. The molecule has 0 saturated heterocycles. The number of methoxy groups -OCH3 is 1. The lowest BCUT2D eigenvalue weighted by molar-refractivity contribution is -0.139. The summed E-state index contributed by atoms with van der Waals surface area (Å²) in [6, 6.07) is 9.63. The molecule has 0 heterocycles. The predicted octanol–water partition coefficient (Wildman–Crippen LogP) is 4.73. The van der Waals surface area contributed by atoms with E-state index in [1.807, 2.05) is 0 Å². The molecular formula is C24H24F3NO6. The number of carboxylic acid groups (broad SMARTS) is 1. The Balaban J connectivity index is 1.57. The van der Waals surface area contributed by atoms with Crippen LogP contribution < -0.4 is 14.8 Å². The summed E-state index contributed by atoms with van der Waals surface area (Å²) in [5.41, 5.74) is -1.05. The Bertz CT molecular complexity index is 1060. The minimum absolute atomic E-state index is 0.0162. The van der Waals surface area contributed by atoms with E-state index in [0.29, 0.717) is 18.4 Å². The second-order valence-corrected chi connectivity index (χ2v) is 8.18. The van der Waals surface area contributed by atoms with Crippen molar-refractivity contribution in [3.63, 3.8) is 0 Å². The summed E-state index contributed by atoms with van der Waals surface area (Å²) in [4.78, 5) is 35.1. The third-order valence-corrected chi connectivity index (χ3v) is 5.58. The van der Waals surface area contributed by atoms with Gasteiger partial charge in [0.25, 0.3) is 0 Å². The summed E-state index contributed by atoms with van der Waals surface area (Å²) < 4.78 is 50.3. The first kappa shape index (κ1) is 25.1. The Morgan fingerprint density at radius 1 is 1.03 bits per heavy atom. The molecule has 1 amide bonds. The van der Waals surface area contributed by atoms with Crippen molar-refractivity contribution < 1.29 is 42.1 Å². The number of alkyl halides is 3. The molecule has 34 heavy (non-hydrogen) atoms. The Morgan fingerprint density at radius 2 is 1.68 bits per heavy atom. The van der Waals surface area contributed by atoms with Crippen molar-refractivity contribution >= 4 is 17.7 Å². The van der Waals surface area contributed by atoms with Crippen molar-refractivity contribution in [2.24, 2.45) is 5.41 Å². The van der Waals surface area contributed by atoms with Crippen LogP contribution in [0.15, 0.2) is 42.5 Å². The molecular weight excluding hydrogens is 455 g/mol. The largest absolute Gasteiger partial charge is 0.497 e. The van der Waals surface area contributed by atoms with Crippen LogP contribution >= 0.6 is 0 Å². The van der Waals surface area contributed by atoms with E-state index in [1.165, 1.54) is 31.4 Å². The molecule has 1 fully saturated rings. The first-order chi connectivity index (χ1) is 16.0. The molecule has 1 aliphatic rings. The molecule has 0 spiro atoms. The van der Waals surface area contributed by atoms with Gasteiger partial charge in [-0.25, -0.2) is 0 Å². The fourth-order valence-electron chi connectivity index (χ4n) is 3.47. The van der Waals surface area contributed by atoms with E-state index in [1.54, 1.807) is 12.1 Å². The summed E-state index contributed by atoms with van der Waals surface area (Å²) in [6.45, 7) is 0.167. The van der Waals surface area contributed by atoms with Crippen molar-refractivity contribution in [3.05, 3.63) is 53.6 Å². The number of nitrogens with one attached hydrogen (secondary N) is 1. The van der Waals surface area contributed by atoms with Gasteiger partial charge in [0, 0.05) is 19.4 Å². The molecule has 3 rings (SSSR count). The molecule has 10 heteroatoms. The van der Waals surface area contributed by atoms with E-state index in [9.17, 15) is 27.6 Å². The van der Waals surface area contributed by atoms with Crippen molar-refractivity contribution in [1.82, 2.24) is 5.32 Å². The van der Waals surface area contributed by atoms with Crippen LogP contribution in [0.3, 0.4) is 0 Å². The van der Waals surface area contributed by atoms with Gasteiger partial charge in [-0.1, -0.05) is 12.1 Å². The fraction of sp³-hybridized carbons (Fsp3) is 0.375. The number of rotatable bonds is 11. The number of hydrogen-bond acceptors (Lipinski definition) is 5. The van der Waals surface area contributed by atoms with Gasteiger partial charge in [0.1, 0.15) is 28.6 Å². The number of carbonyl (C=O) groups is 3. The van der Waals surface area contributed by atoms with Crippen LogP contribution in [0.2, 0.25) is 0 Å². The molecule has 0 atom stereocenters. The monoisotopic (exact) mass is 479 g/mol. The molecule has 0 aliphatic heterocycles. The van der Waals surface area contributed by atoms with E-state index in [2.05, 4.69) is 5.32 Å². The topological polar surface area (TPSA) is 102 Å². The third-order valence-electron chi connectivity index (χ3n) is 5.58. The van der Waals surface area contributed by atoms with E-state index in [4.69, 9.17) is 14.6 Å². The highest BCUT2D eigenvalue weighted by Crippen LogP contribution is 2.49. The summed E-state index contributed by atoms with van der Waals surface area (Å²) in [7, 11) is 1.27. The van der Waals surface area contributed by atoms with Gasteiger partial charge in [0.15, 0.2) is 0 Å². The van der Waals surface area contributed by atoms with E-state index >= 15 is 0 Å². The highest BCUT2D eigenvalue weighted by Gasteiger charge is 2.50. The summed E-state index contributed by atoms with van der Waals surface area (Å²) in [5.74, 6) is -1.71. The van der Waals surface area contributed by atoms with Crippen LogP contribution in [0.4, 0.5) is 13.2 Å². The number of benzene rings is 2. The quantitative estimate of drug-likeness (QED) is 0.483. The number of Topliss-reactive ketones (excluding diaryl/α,β-unsaturated/α-hetero) is 1. The molecule has 0 bridgehead atoms. The van der Waals surface area contributed by atoms with Gasteiger partial charge in [0.05, 0.1) is 18.9 Å². The zero-order valence-electron chi connectivity index (χ0n) is 18.4. The maximum absolute atomic E-state index is 13.3. The summed E-state index contributed by atoms with van der Waals surface area (Å²) in [6.07, 6.45) is -3.84. The van der Waals surface area contributed by atoms with Crippen LogP contribution in [-0.4, -0.2) is 29.9 Å². The lowest BCUT2D eigenvalue weighted by atomic mass is 9.96. The van der Waals surface area contributed by atoms with Crippen LogP contribution in [0, 0.1) is 5.41 Å². The highest BCUT2D eigenvalue weighted by molar-refractivity contribution is 5.92. The van der Waals surface area contributed by atoms with Gasteiger partial charge in [0.2, 0.25) is 5.91 Å². The van der Waals surface area contributed by atoms with Gasteiger partial charge in [-0.2, -0.15) is 13.2 Å². The molecule has 0 aromatic heterocycles. The minimum atomic E-state index is -4.62. The maximum atomic E-state index is 13.3. The number of aliphatic carboxylic acids is 1. The zero-order chi connectivity index (χ0) is 24.9. The number of amides is 1. The molecule has 2 aromatic rings. The van der Waals surface area contributed by atoms with E-state index in [0.717, 1.165) is 6.07 Å². The SMILES string of the molecule is COc1ccc(Oc2ccc(CNC(=O)C3(CC(=O)CCC(=O)O)CC3)cc2)c(C(F)(F)F)c1. The van der Waals surface area contributed by atoms with Gasteiger partial charge >= 0.3 is 12.1 Å². The number of ether oxygens (including phenoxy) is 2. The number of ketones is 1. The van der Waals surface area contributed by atoms with Gasteiger partial charge in [-0.3, -0.25) is 14.4 Å². The predicted molar refractivity (Wildman–Crippen MR) is 115 cm³/mol. The van der Waals surface area contributed by atoms with Gasteiger partial charge < -0.3 is 19.9 Å². The standard InChI is InChI=1S/C24H24F3NO6/c1-33-18-7-8-20(19(12-18)24(25,26)27)34-17-5-2-15(3-6-17)14-28-22(32)23(10-11-23)13-16(29)4-9-21(30)31/h2-3,5-8,12H,4,9-11,13-14H2,1H3,(H,28,32)(H,30,31). The van der Waals surface area contributed by atoms with Crippen LogP contribution in [0.5, 0.6) is 17.2 Å². The lowest BCUT2D eigenvalue weighted by Crippen LogP contribution is -2.33. The van der Waals surface area contributed by atoms with Gasteiger partial charge in [-0.15, -0.1) is 0 Å². The molecule has 2 aromatic carbocycles. The Labute approximate surface area is 193 Å². The average Bonchev–Trinajstić information content (AvgIpc) is 3.57. The number of carbonyl (C=O) groups excluding carboxylic acids is 2. The number of hydrogen-bond donors (Lipinski definition) is 2. The smallest absolute Gasteiger partial charge is 0.420 e. The molecule has 182 valence electrons. The second kappa shape index (κ2) is 10.1. The average molecular weight is 479 g/mol. The summed E-state index contributed by atoms with van der Waals surface area (Å²) in [5, 5.41) is 11.4. The van der Waals surface area contributed by atoms with Gasteiger partial charge in [-0.05, 0) is 48.7 Å². The Hall–Kier alpha value is -3.56. The Morgan fingerprint density at radius 3 is 2.24 bits per heavy atom. The first-order valence-electron chi connectivity index (χ1n) is 10.6. The molecule has 7 nitrogen and oxygen atoms in total. The third kappa shape index (κ3) is 6.49. The summed E-state index contributed by atoms with van der Waals surface area (Å²) >= 11 is 0. The first-order valence-corrected chi connectivity index (χ1v) is 10.6. The molecule has 1 aliphatic carbocycles. The van der Waals surface area contributed by atoms with Crippen molar-refractivity contribution in [1.29, 1.82) is 0 Å². The van der Waals surface area contributed by atoms with Crippen molar-refractivity contribution in [3.8, 4) is 17.2 Å². The fourth-order valence-corrected chi connectivity index (χ4v) is 3.47. The van der Waals surface area contributed by atoms with Crippen LogP contribution in [-0.2, 0) is 27.1 Å². The molecule has 0 radical (unpaired) electrons. The normalized spacial score (nSPS) is 14.2. The highest BCUT2D eigenvalue weighted by atomic mass is 19.4. The van der Waals surface area contributed by atoms with Crippen LogP contribution in [0.25, 0.3) is 0 Å². The number of carboxylic acids is 1. The molecule has 1 saturated carbocycles. The van der Waals surface area contributed by atoms with Crippen molar-refractivity contribution in [2.45, 2.75) is 44.8 Å². The Kier molecular flexibility index (Phi) is 7.48. The van der Waals surface area contributed by atoms with E-state index < -0.39 is 23.1 Å². The van der Waals surface area contributed by atoms with Crippen LogP contribution in [0.1, 0.15) is 43.2 Å². The minimum Gasteiger partial charge on any atom is -0.497 e. The van der Waals surface area contributed by atoms with Crippen molar-refractivity contribution in [2.75, 3.05) is 7.11 Å². The molecule has 2 N–H and O–H groups in total.